The second kappa shape index (κ2) is 9.25. The van der Waals surface area contributed by atoms with Crippen LogP contribution in [0.4, 0.5) is 5.69 Å². The lowest BCUT2D eigenvalue weighted by Gasteiger charge is -2.28. The van der Waals surface area contributed by atoms with E-state index in [1.54, 1.807) is 32.0 Å². The zero-order valence-electron chi connectivity index (χ0n) is 17.0. The van der Waals surface area contributed by atoms with Crippen LogP contribution < -0.4 is 4.31 Å². The Hall–Kier alpha value is -1.94. The van der Waals surface area contributed by atoms with E-state index in [1.807, 2.05) is 6.92 Å². The van der Waals surface area contributed by atoms with E-state index in [0.29, 0.717) is 12.0 Å². The minimum Gasteiger partial charge on any atom is -0.392 e. The van der Waals surface area contributed by atoms with Gasteiger partial charge in [0.05, 0.1) is 29.8 Å². The van der Waals surface area contributed by atoms with Crippen LogP contribution in [0.1, 0.15) is 31.4 Å². The molecule has 0 unspecified atom stereocenters. The highest BCUT2D eigenvalue weighted by Gasteiger charge is 2.31. The van der Waals surface area contributed by atoms with E-state index in [0.717, 1.165) is 9.87 Å². The molecule has 1 N–H and O–H groups in total. The van der Waals surface area contributed by atoms with Gasteiger partial charge in [-0.3, -0.25) is 8.49 Å². The number of benzene rings is 2. The summed E-state index contributed by atoms with van der Waals surface area (Å²) in [4.78, 5) is -0.254. The molecule has 0 saturated heterocycles. The van der Waals surface area contributed by atoms with Gasteiger partial charge in [-0.2, -0.15) is 8.42 Å². The molecule has 160 valence electrons. The molecule has 2 aromatic rings. The second-order valence-electron chi connectivity index (χ2n) is 6.95. The third kappa shape index (κ3) is 5.57. The third-order valence-corrected chi connectivity index (χ3v) is 7.29. The fourth-order valence-corrected chi connectivity index (χ4v) is 5.48. The fraction of sp³-hybridized carbons (Fsp3) is 0.400. The van der Waals surface area contributed by atoms with E-state index < -0.39 is 26.2 Å². The van der Waals surface area contributed by atoms with Crippen LogP contribution in [0.25, 0.3) is 0 Å². The molecule has 0 aliphatic heterocycles. The van der Waals surface area contributed by atoms with Crippen molar-refractivity contribution < 1.29 is 26.1 Å². The second-order valence-corrected chi connectivity index (χ2v) is 10.4. The summed E-state index contributed by atoms with van der Waals surface area (Å²) in [7, 11) is -8.32. The first kappa shape index (κ1) is 23.3. The average molecular weight is 442 g/mol. The molecule has 1 atom stereocenters. The Kier molecular flexibility index (Phi) is 7.45. The molecule has 2 rings (SSSR count). The smallest absolute Gasteiger partial charge is 0.299 e. The molecule has 0 spiro atoms. The summed E-state index contributed by atoms with van der Waals surface area (Å²) in [5.74, 6) is 0. The van der Waals surface area contributed by atoms with Gasteiger partial charge in [0.15, 0.2) is 0 Å². The molecule has 2 aromatic carbocycles. The van der Waals surface area contributed by atoms with Gasteiger partial charge in [0, 0.05) is 0 Å². The Morgan fingerprint density at radius 2 is 1.59 bits per heavy atom. The van der Waals surface area contributed by atoms with Crippen molar-refractivity contribution in [2.75, 3.05) is 17.5 Å². The standard InChI is InChI=1S/C20H27NO6S2/c1-5-12-27-29(25,26)20-11-8-16(3)13-19(20)21(14-17(4)22)28(23,24)18-9-6-15(2)7-10-18/h6-11,13,17,22H,5,12,14H2,1-4H3/t17-/m1/s1. The summed E-state index contributed by atoms with van der Waals surface area (Å²) in [5, 5.41) is 9.96. The van der Waals surface area contributed by atoms with Crippen LogP contribution in [-0.4, -0.2) is 41.2 Å². The maximum Gasteiger partial charge on any atom is 0.299 e. The lowest BCUT2D eigenvalue weighted by Crippen LogP contribution is -2.37. The summed E-state index contributed by atoms with van der Waals surface area (Å²) in [6, 6.07) is 10.6. The Morgan fingerprint density at radius 3 is 2.14 bits per heavy atom. The Morgan fingerprint density at radius 1 is 1.00 bits per heavy atom. The number of rotatable bonds is 9. The number of aryl methyl sites for hydroxylation is 2. The summed E-state index contributed by atoms with van der Waals surface area (Å²) in [6.45, 7) is 6.45. The molecule has 0 saturated carbocycles. The van der Waals surface area contributed by atoms with E-state index in [1.165, 1.54) is 31.2 Å². The van der Waals surface area contributed by atoms with Gasteiger partial charge in [0.2, 0.25) is 0 Å². The van der Waals surface area contributed by atoms with Crippen molar-refractivity contribution in [3.63, 3.8) is 0 Å². The first-order chi connectivity index (χ1) is 13.5. The maximum absolute atomic E-state index is 13.4. The lowest BCUT2D eigenvalue weighted by atomic mass is 10.2. The summed E-state index contributed by atoms with van der Waals surface area (Å²) >= 11 is 0. The van der Waals surface area contributed by atoms with E-state index in [4.69, 9.17) is 4.18 Å². The SMILES string of the molecule is CCCOS(=O)(=O)c1ccc(C)cc1N(C[C@@H](C)O)S(=O)(=O)c1ccc(C)cc1. The zero-order chi connectivity index (χ0) is 21.8. The van der Waals surface area contributed by atoms with Gasteiger partial charge in [-0.25, -0.2) is 8.42 Å². The van der Waals surface area contributed by atoms with Crippen LogP contribution in [0.2, 0.25) is 0 Å². The Labute approximate surface area is 173 Å². The van der Waals surface area contributed by atoms with Crippen molar-refractivity contribution in [3.05, 3.63) is 53.6 Å². The minimum atomic E-state index is -4.19. The topological polar surface area (TPSA) is 101 Å². The van der Waals surface area contributed by atoms with Crippen molar-refractivity contribution in [1.29, 1.82) is 0 Å². The molecular formula is C20H27NO6S2. The summed E-state index contributed by atoms with van der Waals surface area (Å²) in [6.07, 6.45) is -0.540. The van der Waals surface area contributed by atoms with Crippen LogP contribution in [0.15, 0.2) is 52.3 Å². The zero-order valence-corrected chi connectivity index (χ0v) is 18.6. The molecule has 7 nitrogen and oxygen atoms in total. The minimum absolute atomic E-state index is 0.00285. The van der Waals surface area contributed by atoms with Crippen LogP contribution in [-0.2, 0) is 24.3 Å². The molecule has 0 aliphatic carbocycles. The van der Waals surface area contributed by atoms with Crippen molar-refractivity contribution in [2.45, 2.75) is 50.0 Å². The monoisotopic (exact) mass is 441 g/mol. The summed E-state index contributed by atoms with van der Waals surface area (Å²) < 4.78 is 58.1. The molecule has 29 heavy (non-hydrogen) atoms. The maximum atomic E-state index is 13.4. The van der Waals surface area contributed by atoms with E-state index in [9.17, 15) is 21.9 Å². The number of sulfonamides is 1. The van der Waals surface area contributed by atoms with Crippen LogP contribution in [0.3, 0.4) is 0 Å². The molecule has 0 amide bonds. The van der Waals surface area contributed by atoms with Gasteiger partial charge in [-0.1, -0.05) is 30.7 Å². The largest absolute Gasteiger partial charge is 0.392 e. The van der Waals surface area contributed by atoms with Crippen molar-refractivity contribution in [1.82, 2.24) is 0 Å². The number of hydrogen-bond donors (Lipinski definition) is 1. The first-order valence-electron chi connectivity index (χ1n) is 9.26. The molecule has 0 aromatic heterocycles. The number of nitrogens with zero attached hydrogens (tertiary/aromatic N) is 1. The lowest BCUT2D eigenvalue weighted by molar-refractivity contribution is 0.204. The first-order valence-corrected chi connectivity index (χ1v) is 12.1. The molecular weight excluding hydrogens is 414 g/mol. The quantitative estimate of drug-likeness (QED) is 0.601. The van der Waals surface area contributed by atoms with E-state index in [-0.39, 0.29) is 28.6 Å². The molecule has 0 radical (unpaired) electrons. The Bertz CT molecular complexity index is 1040. The Balaban J connectivity index is 2.70. The normalized spacial score (nSPS) is 13.3. The number of anilines is 1. The molecule has 0 bridgehead atoms. The predicted molar refractivity (Wildman–Crippen MR) is 112 cm³/mol. The third-order valence-electron chi connectivity index (χ3n) is 4.13. The predicted octanol–water partition coefficient (Wildman–Crippen LogP) is 2.99. The molecule has 9 heteroatoms. The number of aliphatic hydroxyl groups is 1. The van der Waals surface area contributed by atoms with Gasteiger partial charge < -0.3 is 5.11 Å². The average Bonchev–Trinajstić information content (AvgIpc) is 2.64. The van der Waals surface area contributed by atoms with Gasteiger partial charge >= 0.3 is 0 Å². The fourth-order valence-electron chi connectivity index (χ4n) is 2.69. The van der Waals surface area contributed by atoms with Crippen molar-refractivity contribution in [2.24, 2.45) is 0 Å². The summed E-state index contributed by atoms with van der Waals surface area (Å²) in [5.41, 5.74) is 1.50. The van der Waals surface area contributed by atoms with E-state index in [2.05, 4.69) is 0 Å². The molecule has 0 heterocycles. The van der Waals surface area contributed by atoms with Crippen LogP contribution >= 0.6 is 0 Å². The van der Waals surface area contributed by atoms with Gasteiger partial charge in [-0.15, -0.1) is 0 Å². The van der Waals surface area contributed by atoms with Gasteiger partial charge in [0.25, 0.3) is 20.1 Å². The van der Waals surface area contributed by atoms with Gasteiger partial charge in [0.1, 0.15) is 4.90 Å². The highest BCUT2D eigenvalue weighted by molar-refractivity contribution is 7.93. The van der Waals surface area contributed by atoms with Crippen LogP contribution in [0, 0.1) is 13.8 Å². The molecule has 0 fully saturated rings. The van der Waals surface area contributed by atoms with Crippen molar-refractivity contribution in [3.8, 4) is 0 Å². The highest BCUT2D eigenvalue weighted by Crippen LogP contribution is 2.32. The molecule has 0 aliphatic rings. The van der Waals surface area contributed by atoms with Gasteiger partial charge in [-0.05, 0) is 57.0 Å². The van der Waals surface area contributed by atoms with Crippen LogP contribution in [0.5, 0.6) is 0 Å². The van der Waals surface area contributed by atoms with E-state index >= 15 is 0 Å². The number of aliphatic hydroxyl groups excluding tert-OH is 1. The highest BCUT2D eigenvalue weighted by atomic mass is 32.2. The van der Waals surface area contributed by atoms with Crippen molar-refractivity contribution >= 4 is 25.8 Å². The number of hydrogen-bond acceptors (Lipinski definition) is 6.